The Morgan fingerprint density at radius 2 is 1.61 bits per heavy atom. The Balaban J connectivity index is 1.27. The van der Waals surface area contributed by atoms with Gasteiger partial charge in [-0.05, 0) is 73.5 Å². The van der Waals surface area contributed by atoms with E-state index in [-0.39, 0.29) is 24.0 Å². The van der Waals surface area contributed by atoms with Crippen LogP contribution in [-0.4, -0.2) is 36.1 Å². The number of carbonyl (C=O) groups is 4. The Morgan fingerprint density at radius 3 is 2.33 bits per heavy atom. The van der Waals surface area contributed by atoms with Gasteiger partial charge in [0.15, 0.2) is 0 Å². The molecule has 0 aliphatic carbocycles. The van der Waals surface area contributed by atoms with Gasteiger partial charge in [0.2, 0.25) is 5.91 Å². The van der Waals surface area contributed by atoms with E-state index >= 15 is 0 Å². The molecule has 4 aromatic carbocycles. The van der Waals surface area contributed by atoms with E-state index in [2.05, 4.69) is 16.0 Å². The van der Waals surface area contributed by atoms with Crippen molar-refractivity contribution < 1.29 is 23.9 Å². The SMILES string of the molecule is CCOC(=O)c1c(-c2ccc(C)cc2)csc1NC(=O)CSc1cccc(NC(=O)/C(=C/c2ccc(Cl)cc2)NC(=O)c2ccccc2)c1. The summed E-state index contributed by atoms with van der Waals surface area (Å²) >= 11 is 8.56. The highest BCUT2D eigenvalue weighted by molar-refractivity contribution is 8.00. The van der Waals surface area contributed by atoms with Crippen molar-refractivity contribution in [2.45, 2.75) is 18.7 Å². The molecular formula is C38H32ClN3O5S2. The number of esters is 1. The molecule has 0 atom stereocenters. The second-order valence-corrected chi connectivity index (χ2v) is 13.1. The molecule has 0 unspecified atom stereocenters. The summed E-state index contributed by atoms with van der Waals surface area (Å²) in [6.07, 6.45) is 1.56. The second kappa shape index (κ2) is 16.8. The van der Waals surface area contributed by atoms with Crippen molar-refractivity contribution in [2.24, 2.45) is 0 Å². The van der Waals surface area contributed by atoms with Crippen LogP contribution in [0.2, 0.25) is 5.02 Å². The van der Waals surface area contributed by atoms with Gasteiger partial charge >= 0.3 is 5.97 Å². The van der Waals surface area contributed by atoms with Crippen LogP contribution in [0.3, 0.4) is 0 Å². The van der Waals surface area contributed by atoms with Crippen molar-refractivity contribution in [1.29, 1.82) is 0 Å². The maximum atomic E-state index is 13.5. The zero-order valence-corrected chi connectivity index (χ0v) is 29.0. The number of ether oxygens (including phenoxy) is 1. The molecule has 1 aromatic heterocycles. The van der Waals surface area contributed by atoms with E-state index in [0.717, 1.165) is 16.0 Å². The summed E-state index contributed by atoms with van der Waals surface area (Å²) in [5.41, 5.74) is 4.53. The molecular weight excluding hydrogens is 678 g/mol. The lowest BCUT2D eigenvalue weighted by Crippen LogP contribution is -2.30. The average Bonchev–Trinajstić information content (AvgIpc) is 3.52. The number of hydrogen-bond donors (Lipinski definition) is 3. The van der Waals surface area contributed by atoms with Gasteiger partial charge in [-0.2, -0.15) is 0 Å². The molecule has 0 saturated carbocycles. The summed E-state index contributed by atoms with van der Waals surface area (Å²) in [4.78, 5) is 53.1. The van der Waals surface area contributed by atoms with Gasteiger partial charge in [-0.15, -0.1) is 23.1 Å². The maximum Gasteiger partial charge on any atom is 0.341 e. The van der Waals surface area contributed by atoms with Crippen LogP contribution in [0.5, 0.6) is 0 Å². The standard InChI is InChI=1S/C38H32ClN3O5S2/c1-3-47-38(46)34-31(26-16-12-24(2)13-17-26)22-49-37(34)42-33(43)23-48-30-11-7-10-29(21-30)40-36(45)32(20-25-14-18-28(39)19-15-25)41-35(44)27-8-5-4-6-9-27/h4-22H,3,23H2,1-2H3,(H,40,45)(H,41,44)(H,42,43)/b32-20-. The zero-order chi connectivity index (χ0) is 34.8. The third-order valence-corrected chi connectivity index (χ3v) is 9.20. The largest absolute Gasteiger partial charge is 0.462 e. The Bertz CT molecular complexity index is 1990. The van der Waals surface area contributed by atoms with E-state index in [4.69, 9.17) is 16.3 Å². The van der Waals surface area contributed by atoms with Crippen molar-refractivity contribution in [3.63, 3.8) is 0 Å². The van der Waals surface area contributed by atoms with E-state index in [1.807, 2.05) is 42.6 Å². The van der Waals surface area contributed by atoms with E-state index in [0.29, 0.717) is 38.0 Å². The normalized spacial score (nSPS) is 11.0. The lowest BCUT2D eigenvalue weighted by molar-refractivity contribution is -0.114. The predicted molar refractivity (Wildman–Crippen MR) is 198 cm³/mol. The molecule has 5 rings (SSSR count). The maximum absolute atomic E-state index is 13.5. The van der Waals surface area contributed by atoms with Crippen molar-refractivity contribution in [3.8, 4) is 11.1 Å². The molecule has 8 nitrogen and oxygen atoms in total. The predicted octanol–water partition coefficient (Wildman–Crippen LogP) is 8.69. The quantitative estimate of drug-likeness (QED) is 0.0679. The van der Waals surface area contributed by atoms with Gasteiger partial charge in [-0.25, -0.2) is 4.79 Å². The number of rotatable bonds is 12. The first kappa shape index (κ1) is 35.2. The van der Waals surface area contributed by atoms with Crippen LogP contribution in [0.25, 0.3) is 17.2 Å². The van der Waals surface area contributed by atoms with Gasteiger partial charge in [0.05, 0.1) is 12.4 Å². The molecule has 3 N–H and O–H groups in total. The minimum absolute atomic E-state index is 0.0342. The van der Waals surface area contributed by atoms with Gasteiger partial charge in [0.25, 0.3) is 11.8 Å². The molecule has 3 amide bonds. The highest BCUT2D eigenvalue weighted by atomic mass is 35.5. The first-order valence-electron chi connectivity index (χ1n) is 15.2. The fourth-order valence-corrected chi connectivity index (χ4v) is 6.50. The highest BCUT2D eigenvalue weighted by Crippen LogP contribution is 2.36. The Morgan fingerprint density at radius 1 is 0.878 bits per heavy atom. The first-order valence-corrected chi connectivity index (χ1v) is 17.5. The summed E-state index contributed by atoms with van der Waals surface area (Å²) in [6.45, 7) is 3.93. The average molecular weight is 710 g/mol. The number of aryl methyl sites for hydroxylation is 1. The van der Waals surface area contributed by atoms with Crippen LogP contribution in [0.1, 0.15) is 38.8 Å². The van der Waals surface area contributed by atoms with Crippen molar-refractivity contribution in [1.82, 2.24) is 5.32 Å². The Hall–Kier alpha value is -5.16. The number of amides is 3. The van der Waals surface area contributed by atoms with Crippen molar-refractivity contribution in [3.05, 3.63) is 141 Å². The smallest absolute Gasteiger partial charge is 0.341 e. The molecule has 0 bridgehead atoms. The van der Waals surface area contributed by atoms with Crippen LogP contribution >= 0.6 is 34.7 Å². The topological polar surface area (TPSA) is 114 Å². The first-order chi connectivity index (χ1) is 23.7. The summed E-state index contributed by atoms with van der Waals surface area (Å²) in [5, 5.41) is 11.2. The van der Waals surface area contributed by atoms with E-state index < -0.39 is 17.8 Å². The Labute approximate surface area is 297 Å². The van der Waals surface area contributed by atoms with Gasteiger partial charge < -0.3 is 20.7 Å². The summed E-state index contributed by atoms with van der Waals surface area (Å²) in [7, 11) is 0. The number of anilines is 2. The van der Waals surface area contributed by atoms with Crippen molar-refractivity contribution in [2.75, 3.05) is 23.0 Å². The number of thioether (sulfide) groups is 1. The fraction of sp³-hybridized carbons (Fsp3) is 0.105. The van der Waals surface area contributed by atoms with Crippen LogP contribution in [0.15, 0.2) is 119 Å². The lowest BCUT2D eigenvalue weighted by atomic mass is 10.0. The van der Waals surface area contributed by atoms with Gasteiger partial charge in [0.1, 0.15) is 16.3 Å². The minimum Gasteiger partial charge on any atom is -0.462 e. The lowest BCUT2D eigenvalue weighted by Gasteiger charge is -2.12. The molecule has 0 saturated heterocycles. The van der Waals surface area contributed by atoms with Crippen LogP contribution in [0.4, 0.5) is 10.7 Å². The van der Waals surface area contributed by atoms with Gasteiger partial charge in [-0.1, -0.05) is 77.8 Å². The number of halogens is 1. The number of benzene rings is 4. The third-order valence-electron chi connectivity index (χ3n) is 7.06. The van der Waals surface area contributed by atoms with E-state index in [9.17, 15) is 19.2 Å². The van der Waals surface area contributed by atoms with Gasteiger partial charge in [-0.3, -0.25) is 14.4 Å². The number of hydrogen-bond acceptors (Lipinski definition) is 7. The highest BCUT2D eigenvalue weighted by Gasteiger charge is 2.23. The van der Waals surface area contributed by atoms with Crippen LogP contribution < -0.4 is 16.0 Å². The van der Waals surface area contributed by atoms with E-state index in [1.54, 1.807) is 85.8 Å². The van der Waals surface area contributed by atoms with Crippen molar-refractivity contribution >= 4 is 75.2 Å². The third kappa shape index (κ3) is 9.70. The summed E-state index contributed by atoms with van der Waals surface area (Å²) in [5.74, 6) is -1.73. The van der Waals surface area contributed by atoms with Crippen LogP contribution in [0, 0.1) is 6.92 Å². The summed E-state index contributed by atoms with van der Waals surface area (Å²) in [6, 6.07) is 30.3. The summed E-state index contributed by atoms with van der Waals surface area (Å²) < 4.78 is 5.31. The second-order valence-electron chi connectivity index (χ2n) is 10.7. The molecule has 49 heavy (non-hydrogen) atoms. The monoisotopic (exact) mass is 709 g/mol. The fourth-order valence-electron chi connectivity index (χ4n) is 4.64. The van der Waals surface area contributed by atoms with E-state index in [1.165, 1.54) is 23.1 Å². The molecule has 11 heteroatoms. The Kier molecular flexibility index (Phi) is 12.0. The molecule has 0 aliphatic rings. The molecule has 0 fully saturated rings. The number of carbonyl (C=O) groups excluding carboxylic acids is 4. The minimum atomic E-state index is -0.535. The van der Waals surface area contributed by atoms with Crippen LogP contribution in [-0.2, 0) is 14.3 Å². The molecule has 0 aliphatic heterocycles. The molecule has 248 valence electrons. The number of thiophene rings is 1. The van der Waals surface area contributed by atoms with Gasteiger partial charge in [0, 0.05) is 32.1 Å². The number of nitrogens with one attached hydrogen (secondary N) is 3. The zero-order valence-electron chi connectivity index (χ0n) is 26.6. The molecule has 0 radical (unpaired) electrons. The molecule has 1 heterocycles. The molecule has 0 spiro atoms. The molecule has 5 aromatic rings.